The van der Waals surface area contributed by atoms with Crippen LogP contribution >= 0.6 is 0 Å². The van der Waals surface area contributed by atoms with E-state index in [1.165, 1.54) is 14.2 Å². The van der Waals surface area contributed by atoms with Gasteiger partial charge >= 0.3 is 5.97 Å². The highest BCUT2D eigenvalue weighted by atomic mass is 16.5. The van der Waals surface area contributed by atoms with Crippen molar-refractivity contribution in [3.05, 3.63) is 47.0 Å². The lowest BCUT2D eigenvalue weighted by Crippen LogP contribution is -2.08. The minimum absolute atomic E-state index is 0.409. The van der Waals surface area contributed by atoms with Crippen LogP contribution in [0.1, 0.15) is 21.5 Å². The highest BCUT2D eigenvalue weighted by Crippen LogP contribution is 2.32. The van der Waals surface area contributed by atoms with Crippen molar-refractivity contribution in [2.24, 2.45) is 0 Å². The number of rotatable bonds is 8. The molecule has 0 fully saturated rings. The first-order chi connectivity index (χ1) is 12.6. The van der Waals surface area contributed by atoms with E-state index in [1.807, 2.05) is 24.3 Å². The van der Waals surface area contributed by atoms with Crippen LogP contribution in [0.4, 0.5) is 0 Å². The minimum Gasteiger partial charge on any atom is -0.493 e. The van der Waals surface area contributed by atoms with Crippen LogP contribution in [0.3, 0.4) is 0 Å². The average molecular weight is 360 g/mol. The summed E-state index contributed by atoms with van der Waals surface area (Å²) in [5.74, 6) is 2.00. The summed E-state index contributed by atoms with van der Waals surface area (Å²) in [6.07, 6.45) is 1.33. The largest absolute Gasteiger partial charge is 0.493 e. The van der Waals surface area contributed by atoms with Crippen molar-refractivity contribution < 1.29 is 28.5 Å². The van der Waals surface area contributed by atoms with Gasteiger partial charge in [0.1, 0.15) is 0 Å². The van der Waals surface area contributed by atoms with Gasteiger partial charge in [-0.3, -0.25) is 0 Å². The molecule has 0 radical (unpaired) electrons. The van der Waals surface area contributed by atoms with Crippen molar-refractivity contribution in [1.29, 1.82) is 0 Å². The van der Waals surface area contributed by atoms with E-state index in [-0.39, 0.29) is 0 Å². The van der Waals surface area contributed by atoms with E-state index in [1.54, 1.807) is 27.4 Å². The Morgan fingerprint density at radius 1 is 0.731 bits per heavy atom. The molecule has 6 nitrogen and oxygen atoms in total. The molecule has 0 bridgehead atoms. The molecule has 0 saturated heterocycles. The summed E-state index contributed by atoms with van der Waals surface area (Å²) in [6.45, 7) is 0. The Kier molecular flexibility index (Phi) is 6.72. The normalized spacial score (nSPS) is 10.2. The van der Waals surface area contributed by atoms with Gasteiger partial charge in [0.15, 0.2) is 23.0 Å². The number of carbonyl (C=O) groups excluding carboxylic acids is 1. The van der Waals surface area contributed by atoms with Gasteiger partial charge in [-0.05, 0) is 48.2 Å². The van der Waals surface area contributed by atoms with Crippen LogP contribution in [0.15, 0.2) is 30.3 Å². The monoisotopic (exact) mass is 360 g/mol. The fourth-order valence-electron chi connectivity index (χ4n) is 2.74. The molecule has 0 aliphatic heterocycles. The van der Waals surface area contributed by atoms with E-state index in [0.717, 1.165) is 11.1 Å². The molecule has 0 aromatic heterocycles. The summed E-state index contributed by atoms with van der Waals surface area (Å²) in [4.78, 5) is 12.1. The number of carbonyl (C=O) groups is 1. The first-order valence-corrected chi connectivity index (χ1v) is 8.12. The van der Waals surface area contributed by atoms with Gasteiger partial charge in [0.25, 0.3) is 0 Å². The van der Waals surface area contributed by atoms with Crippen LogP contribution in [-0.4, -0.2) is 41.5 Å². The number of methoxy groups -OCH3 is 5. The van der Waals surface area contributed by atoms with E-state index >= 15 is 0 Å². The average Bonchev–Trinajstić information content (AvgIpc) is 2.70. The second kappa shape index (κ2) is 8.99. The van der Waals surface area contributed by atoms with Crippen LogP contribution in [0.25, 0.3) is 0 Å². The van der Waals surface area contributed by atoms with Crippen LogP contribution < -0.4 is 18.9 Å². The maximum atomic E-state index is 12.1. The van der Waals surface area contributed by atoms with E-state index in [2.05, 4.69) is 0 Å². The van der Waals surface area contributed by atoms with Crippen molar-refractivity contribution in [2.45, 2.75) is 12.8 Å². The van der Waals surface area contributed by atoms with Crippen molar-refractivity contribution in [3.8, 4) is 23.0 Å². The number of hydrogen-bond donors (Lipinski definition) is 0. The van der Waals surface area contributed by atoms with Crippen molar-refractivity contribution in [3.63, 3.8) is 0 Å². The predicted octanol–water partition coefficient (Wildman–Crippen LogP) is 3.29. The first kappa shape index (κ1) is 19.4. The fraction of sp³-hybridized carbons (Fsp3) is 0.350. The van der Waals surface area contributed by atoms with Gasteiger partial charge in [-0.2, -0.15) is 0 Å². The van der Waals surface area contributed by atoms with Crippen LogP contribution in [0, 0.1) is 0 Å². The Morgan fingerprint density at radius 3 is 1.88 bits per heavy atom. The molecular formula is C20H24O6. The number of benzene rings is 2. The van der Waals surface area contributed by atoms with Crippen LogP contribution in [0.2, 0.25) is 0 Å². The first-order valence-electron chi connectivity index (χ1n) is 8.12. The third-order valence-corrected chi connectivity index (χ3v) is 4.15. The van der Waals surface area contributed by atoms with Gasteiger partial charge in [0, 0.05) is 0 Å². The summed E-state index contributed by atoms with van der Waals surface area (Å²) in [5.41, 5.74) is 2.35. The molecule has 0 atom stereocenters. The molecule has 0 aliphatic carbocycles. The molecule has 26 heavy (non-hydrogen) atoms. The number of ether oxygens (including phenoxy) is 5. The van der Waals surface area contributed by atoms with Crippen molar-refractivity contribution >= 4 is 5.97 Å². The third kappa shape index (κ3) is 4.20. The molecule has 0 saturated carbocycles. The van der Waals surface area contributed by atoms with Gasteiger partial charge < -0.3 is 23.7 Å². The van der Waals surface area contributed by atoms with Crippen LogP contribution in [-0.2, 0) is 17.6 Å². The van der Waals surface area contributed by atoms with E-state index in [4.69, 9.17) is 23.7 Å². The molecule has 0 heterocycles. The van der Waals surface area contributed by atoms with Crippen molar-refractivity contribution in [1.82, 2.24) is 0 Å². The lowest BCUT2D eigenvalue weighted by molar-refractivity contribution is 0.0599. The number of aryl methyl sites for hydroxylation is 2. The summed E-state index contributed by atoms with van der Waals surface area (Å²) in [6, 6.07) is 9.22. The zero-order valence-electron chi connectivity index (χ0n) is 15.8. The molecule has 6 heteroatoms. The molecule has 0 unspecified atom stereocenters. The Morgan fingerprint density at radius 2 is 1.31 bits per heavy atom. The molecule has 140 valence electrons. The standard InChI is InChI=1S/C20H24O6/c1-22-16-9-7-13(10-17(16)23-2)6-8-14-11-18(24-3)19(25-4)12-15(14)20(21)26-5/h7,9-12H,6,8H2,1-5H3. The molecule has 2 aromatic carbocycles. The molecule has 0 aliphatic rings. The van der Waals surface area contributed by atoms with Gasteiger partial charge in [0.2, 0.25) is 0 Å². The molecule has 2 rings (SSSR count). The smallest absolute Gasteiger partial charge is 0.338 e. The Bertz CT molecular complexity index is 769. The second-order valence-electron chi connectivity index (χ2n) is 5.55. The molecule has 0 amide bonds. The summed E-state index contributed by atoms with van der Waals surface area (Å²) in [5, 5.41) is 0. The quantitative estimate of drug-likeness (QED) is 0.673. The Hall–Kier alpha value is -2.89. The second-order valence-corrected chi connectivity index (χ2v) is 5.55. The summed E-state index contributed by atoms with van der Waals surface area (Å²) >= 11 is 0. The molecule has 2 aromatic rings. The number of esters is 1. The van der Waals surface area contributed by atoms with Crippen molar-refractivity contribution in [2.75, 3.05) is 35.5 Å². The lowest BCUT2D eigenvalue weighted by Gasteiger charge is -2.14. The van der Waals surface area contributed by atoms with Gasteiger partial charge in [0.05, 0.1) is 41.1 Å². The van der Waals surface area contributed by atoms with Gasteiger partial charge in [-0.15, -0.1) is 0 Å². The zero-order valence-corrected chi connectivity index (χ0v) is 15.8. The van der Waals surface area contributed by atoms with E-state index in [0.29, 0.717) is 41.4 Å². The van der Waals surface area contributed by atoms with E-state index < -0.39 is 5.97 Å². The maximum absolute atomic E-state index is 12.1. The number of hydrogen-bond acceptors (Lipinski definition) is 6. The molecule has 0 spiro atoms. The summed E-state index contributed by atoms with van der Waals surface area (Å²) in [7, 11) is 7.66. The minimum atomic E-state index is -0.409. The Balaban J connectivity index is 2.32. The highest BCUT2D eigenvalue weighted by molar-refractivity contribution is 5.92. The predicted molar refractivity (Wildman–Crippen MR) is 97.8 cm³/mol. The summed E-state index contributed by atoms with van der Waals surface area (Å²) < 4.78 is 26.1. The molecular weight excluding hydrogens is 336 g/mol. The Labute approximate surface area is 153 Å². The van der Waals surface area contributed by atoms with Crippen LogP contribution in [0.5, 0.6) is 23.0 Å². The maximum Gasteiger partial charge on any atom is 0.338 e. The topological polar surface area (TPSA) is 63.2 Å². The lowest BCUT2D eigenvalue weighted by atomic mass is 9.98. The fourth-order valence-corrected chi connectivity index (χ4v) is 2.74. The van der Waals surface area contributed by atoms with E-state index in [9.17, 15) is 4.79 Å². The van der Waals surface area contributed by atoms with Gasteiger partial charge in [-0.1, -0.05) is 6.07 Å². The SMILES string of the molecule is COC(=O)c1cc(OC)c(OC)cc1CCc1ccc(OC)c(OC)c1. The molecule has 0 N–H and O–H groups in total. The zero-order chi connectivity index (χ0) is 19.1. The third-order valence-electron chi connectivity index (χ3n) is 4.15. The highest BCUT2D eigenvalue weighted by Gasteiger charge is 2.17. The van der Waals surface area contributed by atoms with Gasteiger partial charge in [-0.25, -0.2) is 4.79 Å².